The maximum absolute atomic E-state index is 6.13. The monoisotopic (exact) mass is 323 g/mol. The highest BCUT2D eigenvalue weighted by Gasteiger charge is 2.14. The molecule has 0 saturated carbocycles. The highest BCUT2D eigenvalue weighted by Crippen LogP contribution is 2.31. The van der Waals surface area contributed by atoms with Crippen molar-refractivity contribution in [2.75, 3.05) is 23.3 Å². The molecule has 0 amide bonds. The summed E-state index contributed by atoms with van der Waals surface area (Å²) < 4.78 is 0. The maximum atomic E-state index is 6.13. The summed E-state index contributed by atoms with van der Waals surface area (Å²) in [5, 5.41) is 12.1. The van der Waals surface area contributed by atoms with E-state index in [1.807, 2.05) is 0 Å². The zero-order valence-electron chi connectivity index (χ0n) is 11.4. The van der Waals surface area contributed by atoms with Crippen molar-refractivity contribution in [2.24, 2.45) is 0 Å². The van der Waals surface area contributed by atoms with Gasteiger partial charge in [-0.1, -0.05) is 29.3 Å². The first-order valence-corrected chi connectivity index (χ1v) is 7.65. The number of anilines is 3. The molecule has 0 spiro atoms. The number of rotatable bonds is 3. The summed E-state index contributed by atoms with van der Waals surface area (Å²) in [5.74, 6) is 1.23. The van der Waals surface area contributed by atoms with E-state index in [9.17, 15) is 0 Å². The SMILES string of the molecule is Clc1cccc(Cl)c1Nc1nncc(N2CCCCC2)n1. The lowest BCUT2D eigenvalue weighted by atomic mass is 10.1. The Kier molecular flexibility index (Phi) is 4.41. The number of hydrogen-bond donors (Lipinski definition) is 1. The number of nitrogens with one attached hydrogen (secondary N) is 1. The number of nitrogens with zero attached hydrogens (tertiary/aromatic N) is 4. The van der Waals surface area contributed by atoms with E-state index < -0.39 is 0 Å². The Morgan fingerprint density at radius 3 is 2.48 bits per heavy atom. The van der Waals surface area contributed by atoms with Crippen LogP contribution in [0.5, 0.6) is 0 Å². The Hall–Kier alpha value is -1.59. The minimum atomic E-state index is 0.396. The smallest absolute Gasteiger partial charge is 0.249 e. The molecular weight excluding hydrogens is 309 g/mol. The molecule has 3 rings (SSSR count). The molecule has 5 nitrogen and oxygen atoms in total. The van der Waals surface area contributed by atoms with Gasteiger partial charge in [0.2, 0.25) is 5.95 Å². The van der Waals surface area contributed by atoms with Crippen LogP contribution in [-0.2, 0) is 0 Å². The molecule has 2 heterocycles. The number of halogens is 2. The van der Waals surface area contributed by atoms with E-state index in [1.165, 1.54) is 19.3 Å². The molecule has 1 fully saturated rings. The molecule has 0 bridgehead atoms. The van der Waals surface area contributed by atoms with Crippen molar-refractivity contribution in [3.8, 4) is 0 Å². The van der Waals surface area contributed by atoms with Gasteiger partial charge < -0.3 is 10.2 Å². The third kappa shape index (κ3) is 3.36. The normalized spacial score (nSPS) is 15.0. The minimum absolute atomic E-state index is 0.396. The first-order valence-electron chi connectivity index (χ1n) is 6.90. The van der Waals surface area contributed by atoms with Crippen molar-refractivity contribution >= 4 is 40.7 Å². The van der Waals surface area contributed by atoms with Gasteiger partial charge in [0.15, 0.2) is 5.82 Å². The quantitative estimate of drug-likeness (QED) is 0.927. The molecule has 2 aromatic rings. The Morgan fingerprint density at radius 1 is 1.05 bits per heavy atom. The summed E-state index contributed by atoms with van der Waals surface area (Å²) in [6, 6.07) is 5.31. The number of piperidine rings is 1. The summed E-state index contributed by atoms with van der Waals surface area (Å²) >= 11 is 12.3. The second kappa shape index (κ2) is 6.45. The van der Waals surface area contributed by atoms with Crippen LogP contribution < -0.4 is 10.2 Å². The van der Waals surface area contributed by atoms with Gasteiger partial charge in [-0.15, -0.1) is 5.10 Å². The molecule has 1 N–H and O–H groups in total. The number of para-hydroxylation sites is 1. The van der Waals surface area contributed by atoms with Crippen LogP contribution in [-0.4, -0.2) is 28.3 Å². The molecule has 110 valence electrons. The highest BCUT2D eigenvalue weighted by atomic mass is 35.5. The summed E-state index contributed by atoms with van der Waals surface area (Å²) in [4.78, 5) is 6.72. The van der Waals surface area contributed by atoms with Gasteiger partial charge in [0.25, 0.3) is 0 Å². The van der Waals surface area contributed by atoms with Gasteiger partial charge in [-0.2, -0.15) is 10.1 Å². The molecule has 7 heteroatoms. The first-order chi connectivity index (χ1) is 10.2. The number of benzene rings is 1. The van der Waals surface area contributed by atoms with Gasteiger partial charge in [-0.05, 0) is 31.4 Å². The van der Waals surface area contributed by atoms with Gasteiger partial charge in [-0.25, -0.2) is 0 Å². The fourth-order valence-corrected chi connectivity index (χ4v) is 2.84. The van der Waals surface area contributed by atoms with Crippen molar-refractivity contribution in [1.82, 2.24) is 15.2 Å². The van der Waals surface area contributed by atoms with Gasteiger partial charge >= 0.3 is 0 Å². The lowest BCUT2D eigenvalue weighted by molar-refractivity contribution is 0.572. The molecule has 1 aromatic carbocycles. The van der Waals surface area contributed by atoms with Crippen LogP contribution in [0, 0.1) is 0 Å². The summed E-state index contributed by atoms with van der Waals surface area (Å²) in [6.07, 6.45) is 5.33. The van der Waals surface area contributed by atoms with E-state index in [2.05, 4.69) is 25.4 Å². The average Bonchev–Trinajstić information content (AvgIpc) is 2.52. The minimum Gasteiger partial charge on any atom is -0.355 e. The van der Waals surface area contributed by atoms with Crippen molar-refractivity contribution in [3.63, 3.8) is 0 Å². The maximum Gasteiger partial charge on any atom is 0.249 e. The molecule has 1 aliphatic rings. The van der Waals surface area contributed by atoms with Crippen molar-refractivity contribution < 1.29 is 0 Å². The molecule has 1 saturated heterocycles. The van der Waals surface area contributed by atoms with Crippen LogP contribution in [0.15, 0.2) is 24.4 Å². The fourth-order valence-electron chi connectivity index (χ4n) is 2.35. The molecule has 0 unspecified atom stereocenters. The second-order valence-electron chi connectivity index (χ2n) is 4.91. The van der Waals surface area contributed by atoms with Crippen molar-refractivity contribution in [3.05, 3.63) is 34.4 Å². The lowest BCUT2D eigenvalue weighted by Gasteiger charge is -2.27. The standard InChI is InChI=1S/C14H15Cl2N5/c15-10-5-4-6-11(16)13(10)19-14-18-12(9-17-20-14)21-7-2-1-3-8-21/h4-6,9H,1-3,7-8H2,(H,18,19,20). The summed E-state index contributed by atoms with van der Waals surface area (Å²) in [5.41, 5.74) is 0.596. The molecule has 1 aromatic heterocycles. The number of aromatic nitrogens is 3. The van der Waals surface area contributed by atoms with Crippen LogP contribution >= 0.6 is 23.2 Å². The second-order valence-corrected chi connectivity index (χ2v) is 5.72. The van der Waals surface area contributed by atoms with Crippen molar-refractivity contribution in [2.45, 2.75) is 19.3 Å². The summed E-state index contributed by atoms with van der Waals surface area (Å²) in [6.45, 7) is 2.01. The first kappa shape index (κ1) is 14.4. The van der Waals surface area contributed by atoms with Gasteiger partial charge in [0.1, 0.15) is 0 Å². The third-order valence-electron chi connectivity index (χ3n) is 3.43. The third-order valence-corrected chi connectivity index (χ3v) is 4.06. The van der Waals surface area contributed by atoms with E-state index in [4.69, 9.17) is 23.2 Å². The Labute approximate surface area is 133 Å². The van der Waals surface area contributed by atoms with Crippen LogP contribution in [0.1, 0.15) is 19.3 Å². The lowest BCUT2D eigenvalue weighted by Crippen LogP contribution is -2.30. The molecule has 21 heavy (non-hydrogen) atoms. The van der Waals surface area contributed by atoms with Gasteiger partial charge in [0.05, 0.1) is 21.9 Å². The van der Waals surface area contributed by atoms with Crippen LogP contribution in [0.3, 0.4) is 0 Å². The number of hydrogen-bond acceptors (Lipinski definition) is 5. The molecule has 0 aliphatic carbocycles. The largest absolute Gasteiger partial charge is 0.355 e. The van der Waals surface area contributed by atoms with E-state index in [1.54, 1.807) is 24.4 Å². The molecule has 0 radical (unpaired) electrons. The van der Waals surface area contributed by atoms with Crippen LogP contribution in [0.4, 0.5) is 17.5 Å². The zero-order valence-corrected chi connectivity index (χ0v) is 12.9. The van der Waals surface area contributed by atoms with Crippen LogP contribution in [0.25, 0.3) is 0 Å². The van der Waals surface area contributed by atoms with E-state index in [0.717, 1.165) is 18.9 Å². The predicted octanol–water partition coefficient (Wildman–Crippen LogP) is 3.91. The Bertz CT molecular complexity index is 608. The summed E-state index contributed by atoms with van der Waals surface area (Å²) in [7, 11) is 0. The fraction of sp³-hybridized carbons (Fsp3) is 0.357. The van der Waals surface area contributed by atoms with E-state index in [0.29, 0.717) is 21.7 Å². The average molecular weight is 324 g/mol. The Balaban J connectivity index is 1.83. The predicted molar refractivity (Wildman–Crippen MR) is 85.6 cm³/mol. The molecular formula is C14H15Cl2N5. The van der Waals surface area contributed by atoms with Crippen LogP contribution in [0.2, 0.25) is 10.0 Å². The Morgan fingerprint density at radius 2 is 1.76 bits per heavy atom. The zero-order chi connectivity index (χ0) is 14.7. The molecule has 1 aliphatic heterocycles. The van der Waals surface area contributed by atoms with E-state index >= 15 is 0 Å². The van der Waals surface area contributed by atoms with Crippen molar-refractivity contribution in [1.29, 1.82) is 0 Å². The topological polar surface area (TPSA) is 53.9 Å². The van der Waals surface area contributed by atoms with Gasteiger partial charge in [-0.3, -0.25) is 0 Å². The van der Waals surface area contributed by atoms with Gasteiger partial charge in [0, 0.05) is 13.1 Å². The van der Waals surface area contributed by atoms with E-state index in [-0.39, 0.29) is 0 Å². The molecule has 0 atom stereocenters. The highest BCUT2D eigenvalue weighted by molar-refractivity contribution is 6.39.